The molecule has 3 heteroatoms. The van der Waals surface area contributed by atoms with Gasteiger partial charge >= 0.3 is 0 Å². The van der Waals surface area contributed by atoms with Gasteiger partial charge in [0.15, 0.2) is 0 Å². The maximum absolute atomic E-state index is 8.74. The Labute approximate surface area is 106 Å². The number of hydrogen-bond donors (Lipinski definition) is 1. The topological polar surface area (TPSA) is 32.7 Å². The highest BCUT2D eigenvalue weighted by atomic mass is 16.5. The molecule has 0 aromatic rings. The fourth-order valence-electron chi connectivity index (χ4n) is 2.80. The molecule has 102 valence electrons. The lowest BCUT2D eigenvalue weighted by Gasteiger charge is -2.37. The molecule has 0 aliphatic carbocycles. The van der Waals surface area contributed by atoms with Gasteiger partial charge in [-0.15, -0.1) is 0 Å². The van der Waals surface area contributed by atoms with Crippen LogP contribution in [0.15, 0.2) is 0 Å². The number of nitrogens with zero attached hydrogens (tertiary/aromatic N) is 1. The van der Waals surface area contributed by atoms with E-state index < -0.39 is 0 Å². The number of aliphatic hydroxyl groups excluding tert-OH is 1. The van der Waals surface area contributed by atoms with Crippen molar-refractivity contribution in [1.82, 2.24) is 4.90 Å². The van der Waals surface area contributed by atoms with Crippen LogP contribution in [0.4, 0.5) is 0 Å². The SMILES string of the molecule is CCCC(CCC)N1CCC(OCCO)CC1. The van der Waals surface area contributed by atoms with Crippen LogP contribution in [0.1, 0.15) is 52.4 Å². The standard InChI is InChI=1S/C14H29NO2/c1-3-5-13(6-4-2)15-9-7-14(8-10-15)17-12-11-16/h13-14,16H,3-12H2,1-2H3. The van der Waals surface area contributed by atoms with E-state index in [9.17, 15) is 0 Å². The average Bonchev–Trinajstić information content (AvgIpc) is 2.37. The third-order valence-electron chi connectivity index (χ3n) is 3.68. The van der Waals surface area contributed by atoms with Gasteiger partial charge in [0.2, 0.25) is 0 Å². The Morgan fingerprint density at radius 2 is 1.76 bits per heavy atom. The van der Waals surface area contributed by atoms with Crippen LogP contribution in [0.5, 0.6) is 0 Å². The summed E-state index contributed by atoms with van der Waals surface area (Å²) in [4.78, 5) is 2.64. The Bertz CT molecular complexity index is 173. The first-order valence-electron chi connectivity index (χ1n) is 7.28. The number of rotatable bonds is 8. The summed E-state index contributed by atoms with van der Waals surface area (Å²) in [6, 6.07) is 0.781. The monoisotopic (exact) mass is 243 g/mol. The van der Waals surface area contributed by atoms with E-state index in [4.69, 9.17) is 9.84 Å². The van der Waals surface area contributed by atoms with Crippen LogP contribution < -0.4 is 0 Å². The van der Waals surface area contributed by atoms with Crippen molar-refractivity contribution >= 4 is 0 Å². The van der Waals surface area contributed by atoms with Crippen LogP contribution >= 0.6 is 0 Å². The number of aliphatic hydroxyl groups is 1. The molecule has 0 spiro atoms. The van der Waals surface area contributed by atoms with Crippen molar-refractivity contribution in [3.05, 3.63) is 0 Å². The van der Waals surface area contributed by atoms with Crippen molar-refractivity contribution in [3.63, 3.8) is 0 Å². The predicted molar refractivity (Wildman–Crippen MR) is 71.2 cm³/mol. The molecule has 1 aliphatic rings. The summed E-state index contributed by atoms with van der Waals surface area (Å²) >= 11 is 0. The third kappa shape index (κ3) is 5.36. The maximum atomic E-state index is 8.74. The number of ether oxygens (including phenoxy) is 1. The Morgan fingerprint density at radius 3 is 2.24 bits per heavy atom. The van der Waals surface area contributed by atoms with E-state index in [2.05, 4.69) is 18.7 Å². The van der Waals surface area contributed by atoms with Crippen LogP contribution in [-0.2, 0) is 4.74 Å². The van der Waals surface area contributed by atoms with Gasteiger partial charge in [-0.1, -0.05) is 26.7 Å². The number of hydrogen-bond acceptors (Lipinski definition) is 3. The van der Waals surface area contributed by atoms with Gasteiger partial charge in [-0.3, -0.25) is 0 Å². The lowest BCUT2D eigenvalue weighted by Crippen LogP contribution is -2.43. The van der Waals surface area contributed by atoms with Crippen molar-refractivity contribution in [1.29, 1.82) is 0 Å². The molecule has 0 radical (unpaired) electrons. The second kappa shape index (κ2) is 8.90. The minimum atomic E-state index is 0.147. The first kappa shape index (κ1) is 14.9. The average molecular weight is 243 g/mol. The van der Waals surface area contributed by atoms with E-state index in [1.54, 1.807) is 0 Å². The van der Waals surface area contributed by atoms with Gasteiger partial charge in [0.05, 0.1) is 19.3 Å². The molecular formula is C14H29NO2. The van der Waals surface area contributed by atoms with Crippen LogP contribution in [0.2, 0.25) is 0 Å². The highest BCUT2D eigenvalue weighted by Gasteiger charge is 2.24. The number of piperidine rings is 1. The van der Waals surface area contributed by atoms with E-state index in [1.165, 1.54) is 38.8 Å². The van der Waals surface area contributed by atoms with Crippen LogP contribution in [-0.4, -0.2) is 48.5 Å². The lowest BCUT2D eigenvalue weighted by molar-refractivity contribution is -0.0167. The van der Waals surface area contributed by atoms with Gasteiger partial charge in [0.25, 0.3) is 0 Å². The molecule has 1 N–H and O–H groups in total. The quantitative estimate of drug-likeness (QED) is 0.710. The summed E-state index contributed by atoms with van der Waals surface area (Å²) in [7, 11) is 0. The largest absolute Gasteiger partial charge is 0.394 e. The molecule has 0 aromatic heterocycles. The van der Waals surface area contributed by atoms with Crippen LogP contribution in [0.3, 0.4) is 0 Å². The number of likely N-dealkylation sites (tertiary alicyclic amines) is 1. The summed E-state index contributed by atoms with van der Waals surface area (Å²) < 4.78 is 5.60. The minimum Gasteiger partial charge on any atom is -0.394 e. The minimum absolute atomic E-state index is 0.147. The fourth-order valence-corrected chi connectivity index (χ4v) is 2.80. The van der Waals surface area contributed by atoms with Crippen molar-refractivity contribution in [3.8, 4) is 0 Å². The summed E-state index contributed by atoms with van der Waals surface area (Å²) in [6.45, 7) is 7.54. The molecule has 1 fully saturated rings. The normalized spacial score (nSPS) is 19.1. The van der Waals surface area contributed by atoms with Crippen molar-refractivity contribution in [2.45, 2.75) is 64.5 Å². The molecule has 1 aliphatic heterocycles. The molecule has 0 saturated carbocycles. The molecule has 3 nitrogen and oxygen atoms in total. The van der Waals surface area contributed by atoms with Gasteiger partial charge in [-0.25, -0.2) is 0 Å². The molecule has 0 aromatic carbocycles. The Kier molecular flexibility index (Phi) is 7.82. The highest BCUT2D eigenvalue weighted by molar-refractivity contribution is 4.78. The maximum Gasteiger partial charge on any atom is 0.0701 e. The highest BCUT2D eigenvalue weighted by Crippen LogP contribution is 2.20. The zero-order chi connectivity index (χ0) is 12.5. The Hall–Kier alpha value is -0.120. The fraction of sp³-hybridized carbons (Fsp3) is 1.00. The Morgan fingerprint density at radius 1 is 1.18 bits per heavy atom. The van der Waals surface area contributed by atoms with E-state index in [0.717, 1.165) is 18.9 Å². The Balaban J connectivity index is 2.27. The van der Waals surface area contributed by atoms with E-state index in [0.29, 0.717) is 12.7 Å². The first-order chi connectivity index (χ1) is 8.31. The van der Waals surface area contributed by atoms with Crippen molar-refractivity contribution < 1.29 is 9.84 Å². The van der Waals surface area contributed by atoms with E-state index in [1.807, 2.05) is 0 Å². The molecule has 1 saturated heterocycles. The van der Waals surface area contributed by atoms with E-state index >= 15 is 0 Å². The molecule has 0 bridgehead atoms. The summed E-state index contributed by atoms with van der Waals surface area (Å²) in [5.41, 5.74) is 0. The zero-order valence-corrected chi connectivity index (χ0v) is 11.5. The summed E-state index contributed by atoms with van der Waals surface area (Å²) in [5, 5.41) is 8.74. The van der Waals surface area contributed by atoms with E-state index in [-0.39, 0.29) is 6.61 Å². The second-order valence-electron chi connectivity index (χ2n) is 5.06. The molecule has 1 rings (SSSR count). The molecule has 0 amide bonds. The smallest absolute Gasteiger partial charge is 0.0701 e. The molecule has 0 atom stereocenters. The lowest BCUT2D eigenvalue weighted by atomic mass is 10.00. The molecular weight excluding hydrogens is 214 g/mol. The van der Waals surface area contributed by atoms with Gasteiger partial charge in [-0.2, -0.15) is 0 Å². The molecule has 1 heterocycles. The van der Waals surface area contributed by atoms with Gasteiger partial charge in [0.1, 0.15) is 0 Å². The predicted octanol–water partition coefficient (Wildman–Crippen LogP) is 2.43. The van der Waals surface area contributed by atoms with Crippen molar-refractivity contribution in [2.24, 2.45) is 0 Å². The zero-order valence-electron chi connectivity index (χ0n) is 11.5. The van der Waals surface area contributed by atoms with Gasteiger partial charge in [0, 0.05) is 19.1 Å². The van der Waals surface area contributed by atoms with Crippen LogP contribution in [0.25, 0.3) is 0 Å². The van der Waals surface area contributed by atoms with Crippen LogP contribution in [0, 0.1) is 0 Å². The molecule has 17 heavy (non-hydrogen) atoms. The summed E-state index contributed by atoms with van der Waals surface area (Å²) in [6.07, 6.45) is 7.86. The molecule has 0 unspecified atom stereocenters. The third-order valence-corrected chi connectivity index (χ3v) is 3.68. The van der Waals surface area contributed by atoms with Gasteiger partial charge in [-0.05, 0) is 25.7 Å². The van der Waals surface area contributed by atoms with Crippen molar-refractivity contribution in [2.75, 3.05) is 26.3 Å². The first-order valence-corrected chi connectivity index (χ1v) is 7.28. The summed E-state index contributed by atoms with van der Waals surface area (Å²) in [5.74, 6) is 0. The second-order valence-corrected chi connectivity index (χ2v) is 5.06. The van der Waals surface area contributed by atoms with Gasteiger partial charge < -0.3 is 14.7 Å².